The van der Waals surface area contributed by atoms with E-state index in [0.717, 1.165) is 21.9 Å². The summed E-state index contributed by atoms with van der Waals surface area (Å²) in [5.74, 6) is 0.651. The smallest absolute Gasteiger partial charge is 0.244 e. The minimum Gasteiger partial charge on any atom is -0.491 e. The molecule has 0 fully saturated rings. The Morgan fingerprint density at radius 3 is 2.29 bits per heavy atom. The monoisotopic (exact) mass is 486 g/mol. The number of ether oxygens (including phenoxy) is 1. The Morgan fingerprint density at radius 1 is 1.13 bits per heavy atom. The molecule has 0 saturated heterocycles. The van der Waals surface area contributed by atoms with Crippen LogP contribution in [0.1, 0.15) is 38.7 Å². The summed E-state index contributed by atoms with van der Waals surface area (Å²) >= 11 is 12.1. The molecule has 2 rings (SSSR count). The molecule has 1 amide bonds. The first-order chi connectivity index (χ1) is 14.5. The number of carbonyl (C=O) groups is 1. The van der Waals surface area contributed by atoms with Crippen LogP contribution in [0.4, 0.5) is 5.69 Å². The van der Waals surface area contributed by atoms with Crippen molar-refractivity contribution >= 4 is 44.8 Å². The first-order valence-corrected chi connectivity index (χ1v) is 12.6. The number of hydrogen-bond donors (Lipinski definition) is 1. The molecule has 0 saturated carbocycles. The van der Waals surface area contributed by atoms with E-state index in [1.165, 1.54) is 18.2 Å². The molecule has 6 nitrogen and oxygen atoms in total. The van der Waals surface area contributed by atoms with Crippen molar-refractivity contribution in [3.05, 3.63) is 58.1 Å². The summed E-state index contributed by atoms with van der Waals surface area (Å²) in [4.78, 5) is 12.9. The van der Waals surface area contributed by atoms with Gasteiger partial charge in [0.1, 0.15) is 18.4 Å². The maximum Gasteiger partial charge on any atom is 0.244 e. The molecule has 170 valence electrons. The molecule has 2 aromatic rings. The van der Waals surface area contributed by atoms with E-state index in [4.69, 9.17) is 27.9 Å². The Balaban J connectivity index is 2.10. The fourth-order valence-corrected chi connectivity index (χ4v) is 4.98. The lowest BCUT2D eigenvalue weighted by atomic mass is 10.0. The highest BCUT2D eigenvalue weighted by molar-refractivity contribution is 7.92. The number of para-hydroxylation sites is 1. The quantitative estimate of drug-likeness (QED) is 0.486. The topological polar surface area (TPSA) is 75.7 Å². The maximum atomic E-state index is 12.9. The van der Waals surface area contributed by atoms with Crippen LogP contribution in [-0.2, 0) is 14.8 Å². The number of halogens is 2. The van der Waals surface area contributed by atoms with Crippen molar-refractivity contribution in [2.24, 2.45) is 0 Å². The van der Waals surface area contributed by atoms with E-state index in [1.807, 2.05) is 24.3 Å². The Kier molecular flexibility index (Phi) is 9.03. The van der Waals surface area contributed by atoms with Crippen LogP contribution >= 0.6 is 23.2 Å². The Labute approximate surface area is 194 Å². The van der Waals surface area contributed by atoms with Crippen molar-refractivity contribution in [1.29, 1.82) is 0 Å². The molecule has 0 unspecified atom stereocenters. The normalized spacial score (nSPS) is 12.5. The zero-order valence-electron chi connectivity index (χ0n) is 18.1. The van der Waals surface area contributed by atoms with E-state index in [1.54, 1.807) is 6.92 Å². The van der Waals surface area contributed by atoms with Gasteiger partial charge in [0.2, 0.25) is 15.9 Å². The molecule has 0 aliphatic carbocycles. The summed E-state index contributed by atoms with van der Waals surface area (Å²) in [7, 11) is -3.77. The second-order valence-electron chi connectivity index (χ2n) is 7.44. The van der Waals surface area contributed by atoms with Crippen LogP contribution in [-0.4, -0.2) is 39.8 Å². The highest BCUT2D eigenvalue weighted by atomic mass is 35.5. The molecule has 0 spiro atoms. The average Bonchev–Trinajstić information content (AvgIpc) is 2.67. The molecule has 9 heteroatoms. The molecule has 0 aliphatic heterocycles. The number of benzene rings is 2. The highest BCUT2D eigenvalue weighted by Crippen LogP contribution is 2.29. The molecule has 0 bridgehead atoms. The summed E-state index contributed by atoms with van der Waals surface area (Å²) in [5, 5.41) is 3.33. The first-order valence-electron chi connectivity index (χ1n) is 9.99. The van der Waals surface area contributed by atoms with Gasteiger partial charge in [0.15, 0.2) is 0 Å². The predicted octanol–water partition coefficient (Wildman–Crippen LogP) is 4.86. The lowest BCUT2D eigenvalue weighted by Gasteiger charge is -2.30. The third-order valence-electron chi connectivity index (χ3n) is 4.63. The largest absolute Gasteiger partial charge is 0.491 e. The van der Waals surface area contributed by atoms with Crippen molar-refractivity contribution < 1.29 is 17.9 Å². The van der Waals surface area contributed by atoms with E-state index in [9.17, 15) is 13.2 Å². The van der Waals surface area contributed by atoms with Crippen molar-refractivity contribution in [2.45, 2.75) is 39.2 Å². The van der Waals surface area contributed by atoms with Gasteiger partial charge in [0.05, 0.1) is 18.5 Å². The molecule has 1 atom stereocenters. The van der Waals surface area contributed by atoms with Crippen LogP contribution < -0.4 is 14.4 Å². The number of amides is 1. The van der Waals surface area contributed by atoms with Crippen molar-refractivity contribution in [3.8, 4) is 5.75 Å². The van der Waals surface area contributed by atoms with Crippen LogP contribution in [0.3, 0.4) is 0 Å². The highest BCUT2D eigenvalue weighted by Gasteiger charge is 2.31. The lowest BCUT2D eigenvalue weighted by Crippen LogP contribution is -2.50. The number of sulfonamides is 1. The van der Waals surface area contributed by atoms with Crippen LogP contribution in [0.25, 0.3) is 0 Å². The molecular formula is C22H28Cl2N2O4S. The maximum absolute atomic E-state index is 12.9. The van der Waals surface area contributed by atoms with Crippen LogP contribution in [0.15, 0.2) is 42.5 Å². The summed E-state index contributed by atoms with van der Waals surface area (Å²) in [5.41, 5.74) is 1.32. The average molecular weight is 487 g/mol. The number of nitrogens with one attached hydrogen (secondary N) is 1. The number of anilines is 1. The second-order valence-corrected chi connectivity index (χ2v) is 10.2. The van der Waals surface area contributed by atoms with Crippen LogP contribution in [0, 0.1) is 0 Å². The SMILES string of the molecule is CC[C@@H](C(=O)NCCOc1ccccc1C(C)C)N(c1cc(Cl)cc(Cl)c1)S(C)(=O)=O. The number of rotatable bonds is 10. The van der Waals surface area contributed by atoms with E-state index in [-0.39, 0.29) is 35.3 Å². The molecule has 0 radical (unpaired) electrons. The zero-order chi connectivity index (χ0) is 23.2. The van der Waals surface area contributed by atoms with Gasteiger partial charge in [-0.3, -0.25) is 9.10 Å². The van der Waals surface area contributed by atoms with Gasteiger partial charge in [-0.05, 0) is 42.2 Å². The van der Waals surface area contributed by atoms with Gasteiger partial charge in [-0.15, -0.1) is 0 Å². The lowest BCUT2D eigenvalue weighted by molar-refractivity contribution is -0.122. The van der Waals surface area contributed by atoms with Gasteiger partial charge < -0.3 is 10.1 Å². The zero-order valence-corrected chi connectivity index (χ0v) is 20.4. The fraction of sp³-hybridized carbons (Fsp3) is 0.409. The van der Waals surface area contributed by atoms with E-state index >= 15 is 0 Å². The Bertz CT molecular complexity index is 992. The number of hydrogen-bond acceptors (Lipinski definition) is 4. The standard InChI is InChI=1S/C22H28Cl2N2O4S/c1-5-20(26(31(4,28)29)18-13-16(23)12-17(24)14-18)22(27)25-10-11-30-21-9-7-6-8-19(21)15(2)3/h6-9,12-15,20H,5,10-11H2,1-4H3,(H,25,27)/t20-/m0/s1. The molecule has 0 heterocycles. The van der Waals surface area contributed by atoms with Gasteiger partial charge in [-0.25, -0.2) is 8.42 Å². The van der Waals surface area contributed by atoms with Gasteiger partial charge >= 0.3 is 0 Å². The number of nitrogens with zero attached hydrogens (tertiary/aromatic N) is 1. The third kappa shape index (κ3) is 7.02. The van der Waals surface area contributed by atoms with Crippen LogP contribution in [0.5, 0.6) is 5.75 Å². The third-order valence-corrected chi connectivity index (χ3v) is 6.25. The fourth-order valence-electron chi connectivity index (χ4n) is 3.27. The second kappa shape index (κ2) is 11.1. The summed E-state index contributed by atoms with van der Waals surface area (Å²) in [6.45, 7) is 6.39. The molecular weight excluding hydrogens is 459 g/mol. The predicted molar refractivity (Wildman–Crippen MR) is 127 cm³/mol. The molecule has 31 heavy (non-hydrogen) atoms. The minimum atomic E-state index is -3.77. The van der Waals surface area contributed by atoms with Gasteiger partial charge in [-0.1, -0.05) is 62.2 Å². The van der Waals surface area contributed by atoms with Gasteiger partial charge in [-0.2, -0.15) is 0 Å². The van der Waals surface area contributed by atoms with E-state index in [2.05, 4.69) is 19.2 Å². The minimum absolute atomic E-state index is 0.232. The molecule has 0 aromatic heterocycles. The van der Waals surface area contributed by atoms with Crippen molar-refractivity contribution in [2.75, 3.05) is 23.7 Å². The summed E-state index contributed by atoms with van der Waals surface area (Å²) in [6, 6.07) is 11.2. The Morgan fingerprint density at radius 2 is 1.74 bits per heavy atom. The van der Waals surface area contributed by atoms with Gasteiger partial charge in [0.25, 0.3) is 0 Å². The summed E-state index contributed by atoms with van der Waals surface area (Å²) in [6.07, 6.45) is 1.31. The molecule has 2 aromatic carbocycles. The Hall–Kier alpha value is -1.96. The van der Waals surface area contributed by atoms with Crippen molar-refractivity contribution in [1.82, 2.24) is 5.32 Å². The van der Waals surface area contributed by atoms with E-state index < -0.39 is 22.0 Å². The number of carbonyl (C=O) groups excluding carboxylic acids is 1. The van der Waals surface area contributed by atoms with Crippen LogP contribution in [0.2, 0.25) is 10.0 Å². The van der Waals surface area contributed by atoms with Gasteiger partial charge in [0, 0.05) is 10.0 Å². The molecule has 0 aliphatic rings. The summed E-state index contributed by atoms with van der Waals surface area (Å²) < 4.78 is 31.9. The molecule has 1 N–H and O–H groups in total. The first kappa shape index (κ1) is 25.3. The van der Waals surface area contributed by atoms with Crippen molar-refractivity contribution in [3.63, 3.8) is 0 Å². The van der Waals surface area contributed by atoms with E-state index in [0.29, 0.717) is 5.92 Å².